The van der Waals surface area contributed by atoms with Gasteiger partial charge in [0.2, 0.25) is 11.8 Å². The normalized spacial score (nSPS) is 13.6. The number of carbonyl (C=O) groups excluding carboxylic acids is 3. The van der Waals surface area contributed by atoms with E-state index in [1.807, 2.05) is 0 Å². The average molecular weight is 466 g/mol. The molecule has 1 heterocycles. The Morgan fingerprint density at radius 1 is 1.00 bits per heavy atom. The van der Waals surface area contributed by atoms with Crippen LogP contribution in [0, 0.1) is 17.0 Å². The van der Waals surface area contributed by atoms with E-state index in [2.05, 4.69) is 15.6 Å². The molecule has 0 saturated heterocycles. The highest BCUT2D eigenvalue weighted by molar-refractivity contribution is 6.13. The third-order valence-electron chi connectivity index (χ3n) is 5.39. The molecule has 8 nitrogen and oxygen atoms in total. The molecule has 1 fully saturated rings. The number of nitrogens with zero attached hydrogens (tertiary/aromatic N) is 1. The molecule has 0 aliphatic heterocycles. The Labute approximate surface area is 193 Å². The fraction of sp³-hybridized carbons (Fsp3) is 0.167. The number of hydrogen-bond acceptors (Lipinski definition) is 5. The molecule has 0 spiro atoms. The van der Waals surface area contributed by atoms with Crippen molar-refractivity contribution in [3.05, 3.63) is 83.7 Å². The van der Waals surface area contributed by atoms with Gasteiger partial charge in [-0.3, -0.25) is 19.4 Å². The van der Waals surface area contributed by atoms with Gasteiger partial charge < -0.3 is 21.1 Å². The second-order valence-corrected chi connectivity index (χ2v) is 7.83. The number of anilines is 1. The van der Waals surface area contributed by atoms with Crippen LogP contribution in [0.2, 0.25) is 0 Å². The molecule has 174 valence electrons. The first-order chi connectivity index (χ1) is 16.3. The van der Waals surface area contributed by atoms with E-state index in [4.69, 9.17) is 10.5 Å². The monoisotopic (exact) mass is 466 g/mol. The number of hydrogen-bond donors (Lipinski definition) is 3. The van der Waals surface area contributed by atoms with E-state index in [9.17, 15) is 23.2 Å². The molecule has 1 saturated carbocycles. The summed E-state index contributed by atoms with van der Waals surface area (Å²) in [5.41, 5.74) is 4.76. The third kappa shape index (κ3) is 5.01. The minimum atomic E-state index is -1.23. The summed E-state index contributed by atoms with van der Waals surface area (Å²) < 4.78 is 33.0. The van der Waals surface area contributed by atoms with Crippen molar-refractivity contribution in [3.63, 3.8) is 0 Å². The highest BCUT2D eigenvalue weighted by atomic mass is 19.1. The molecule has 1 aliphatic carbocycles. The highest BCUT2D eigenvalue weighted by Crippen LogP contribution is 2.47. The molecule has 0 unspecified atom stereocenters. The largest absolute Gasteiger partial charge is 0.454 e. The van der Waals surface area contributed by atoms with Gasteiger partial charge in [-0.05, 0) is 48.7 Å². The van der Waals surface area contributed by atoms with Gasteiger partial charge in [0.05, 0.1) is 0 Å². The van der Waals surface area contributed by atoms with Crippen LogP contribution in [0.5, 0.6) is 11.5 Å². The molecule has 3 aromatic rings. The quantitative estimate of drug-likeness (QED) is 0.440. The zero-order valence-electron chi connectivity index (χ0n) is 17.8. The molecule has 34 heavy (non-hydrogen) atoms. The molecular formula is C24H20F2N4O4. The molecule has 0 radical (unpaired) electrons. The molecule has 4 rings (SSSR count). The zero-order valence-corrected chi connectivity index (χ0v) is 17.8. The Hall–Kier alpha value is -4.34. The lowest BCUT2D eigenvalue weighted by Gasteiger charge is -2.16. The van der Waals surface area contributed by atoms with Gasteiger partial charge in [-0.1, -0.05) is 12.1 Å². The zero-order chi connectivity index (χ0) is 24.3. The maximum Gasteiger partial charge on any atom is 0.267 e. The number of halogens is 2. The Kier molecular flexibility index (Phi) is 6.22. The van der Waals surface area contributed by atoms with Crippen LogP contribution < -0.4 is 21.1 Å². The lowest BCUT2D eigenvalue weighted by atomic mass is 10.0. The van der Waals surface area contributed by atoms with E-state index < -0.39 is 29.0 Å². The second kappa shape index (κ2) is 9.26. The van der Waals surface area contributed by atoms with Gasteiger partial charge in [0.25, 0.3) is 5.91 Å². The Balaban J connectivity index is 1.38. The lowest BCUT2D eigenvalue weighted by Crippen LogP contribution is -2.39. The van der Waals surface area contributed by atoms with Crippen molar-refractivity contribution >= 4 is 23.4 Å². The van der Waals surface area contributed by atoms with Crippen LogP contribution in [0.1, 0.15) is 28.9 Å². The van der Waals surface area contributed by atoms with E-state index >= 15 is 0 Å². The van der Waals surface area contributed by atoms with Crippen LogP contribution in [0.25, 0.3) is 0 Å². The first-order valence-electron chi connectivity index (χ1n) is 10.3. The Bertz CT molecular complexity index is 1260. The molecule has 4 N–H and O–H groups in total. The summed E-state index contributed by atoms with van der Waals surface area (Å²) in [4.78, 5) is 40.4. The Morgan fingerprint density at radius 2 is 1.74 bits per heavy atom. The summed E-state index contributed by atoms with van der Waals surface area (Å²) in [7, 11) is 0. The minimum Gasteiger partial charge on any atom is -0.454 e. The molecule has 2 aromatic carbocycles. The minimum absolute atomic E-state index is 0.0331. The molecular weight excluding hydrogens is 446 g/mol. The maximum atomic E-state index is 14.6. The van der Waals surface area contributed by atoms with Crippen LogP contribution in [0.4, 0.5) is 14.5 Å². The lowest BCUT2D eigenvalue weighted by molar-refractivity contribution is -0.134. The van der Waals surface area contributed by atoms with Crippen LogP contribution in [-0.2, 0) is 16.1 Å². The number of amides is 3. The summed E-state index contributed by atoms with van der Waals surface area (Å²) in [5.74, 6) is -2.87. The Morgan fingerprint density at radius 3 is 2.38 bits per heavy atom. The number of benzene rings is 2. The van der Waals surface area contributed by atoms with Crippen LogP contribution >= 0.6 is 0 Å². The van der Waals surface area contributed by atoms with Crippen molar-refractivity contribution in [2.75, 3.05) is 5.32 Å². The van der Waals surface area contributed by atoms with Crippen molar-refractivity contribution in [1.29, 1.82) is 0 Å². The van der Waals surface area contributed by atoms with Crippen molar-refractivity contribution in [2.24, 2.45) is 11.1 Å². The number of primary amides is 1. The molecule has 10 heteroatoms. The van der Waals surface area contributed by atoms with Gasteiger partial charge in [-0.15, -0.1) is 0 Å². The van der Waals surface area contributed by atoms with E-state index in [-0.39, 0.29) is 35.2 Å². The third-order valence-corrected chi connectivity index (χ3v) is 5.39. The van der Waals surface area contributed by atoms with Crippen molar-refractivity contribution in [2.45, 2.75) is 19.4 Å². The standard InChI is InChI=1S/C24H20F2N4O4/c25-15-3-1-14(2-4-15)13-29-22(32)24(8-9-24)23(33)30-16-5-6-20(18(26)11-16)34-17-7-10-28-19(12-17)21(27)31/h1-7,10-12H,8-9,13H2,(H2,27,31)(H,29,32)(H,30,33). The van der Waals surface area contributed by atoms with Gasteiger partial charge in [0.15, 0.2) is 11.6 Å². The van der Waals surface area contributed by atoms with Crippen LogP contribution in [-0.4, -0.2) is 22.7 Å². The first-order valence-corrected chi connectivity index (χ1v) is 10.3. The highest BCUT2D eigenvalue weighted by Gasteiger charge is 2.56. The fourth-order valence-corrected chi connectivity index (χ4v) is 3.28. The summed E-state index contributed by atoms with van der Waals surface area (Å²) in [6.45, 7) is 0.154. The van der Waals surface area contributed by atoms with Gasteiger partial charge >= 0.3 is 0 Å². The van der Waals surface area contributed by atoms with Gasteiger partial charge in [-0.2, -0.15) is 0 Å². The van der Waals surface area contributed by atoms with E-state index in [0.717, 1.165) is 6.07 Å². The fourth-order valence-electron chi connectivity index (χ4n) is 3.28. The number of carbonyl (C=O) groups is 3. The van der Waals surface area contributed by atoms with Gasteiger partial charge in [0, 0.05) is 30.6 Å². The molecule has 1 aromatic heterocycles. The van der Waals surface area contributed by atoms with Gasteiger partial charge in [0.1, 0.15) is 22.7 Å². The van der Waals surface area contributed by atoms with Crippen molar-refractivity contribution < 1.29 is 27.9 Å². The van der Waals surface area contributed by atoms with Crippen LogP contribution in [0.15, 0.2) is 60.8 Å². The van der Waals surface area contributed by atoms with E-state index in [1.165, 1.54) is 42.6 Å². The predicted molar refractivity (Wildman–Crippen MR) is 118 cm³/mol. The number of ether oxygens (including phenoxy) is 1. The molecule has 1 aliphatic rings. The van der Waals surface area contributed by atoms with Crippen molar-refractivity contribution in [3.8, 4) is 11.5 Å². The maximum absolute atomic E-state index is 14.6. The SMILES string of the molecule is NC(=O)c1cc(Oc2ccc(NC(=O)C3(C(=O)NCc4ccc(F)cc4)CC3)cc2F)ccn1. The van der Waals surface area contributed by atoms with E-state index in [0.29, 0.717) is 18.4 Å². The summed E-state index contributed by atoms with van der Waals surface area (Å²) in [5, 5.41) is 5.26. The summed E-state index contributed by atoms with van der Waals surface area (Å²) in [6.07, 6.45) is 2.03. The smallest absolute Gasteiger partial charge is 0.267 e. The number of nitrogens with one attached hydrogen (secondary N) is 2. The topological polar surface area (TPSA) is 123 Å². The van der Waals surface area contributed by atoms with Crippen molar-refractivity contribution in [1.82, 2.24) is 10.3 Å². The van der Waals surface area contributed by atoms with E-state index in [1.54, 1.807) is 12.1 Å². The first kappa shape index (κ1) is 22.8. The predicted octanol–water partition coefficient (Wildman–Crippen LogP) is 3.29. The molecule has 3 amide bonds. The van der Waals surface area contributed by atoms with Crippen LogP contribution in [0.3, 0.4) is 0 Å². The summed E-state index contributed by atoms with van der Waals surface area (Å²) >= 11 is 0. The average Bonchev–Trinajstić information content (AvgIpc) is 3.63. The number of rotatable bonds is 8. The second-order valence-electron chi connectivity index (χ2n) is 7.83. The number of aromatic nitrogens is 1. The number of nitrogens with two attached hydrogens (primary N) is 1. The molecule has 0 atom stereocenters. The number of pyridine rings is 1. The van der Waals surface area contributed by atoms with Gasteiger partial charge in [-0.25, -0.2) is 8.78 Å². The molecule has 0 bridgehead atoms. The summed E-state index contributed by atoms with van der Waals surface area (Å²) in [6, 6.07) is 12.2.